The molecule has 0 radical (unpaired) electrons. The van der Waals surface area contributed by atoms with Crippen molar-refractivity contribution in [2.24, 2.45) is 5.92 Å². The van der Waals surface area contributed by atoms with Crippen LogP contribution in [-0.2, 0) is 6.54 Å². The number of para-hydroxylation sites is 2. The number of benzene rings is 2. The Morgan fingerprint density at radius 2 is 1.96 bits per heavy atom. The van der Waals surface area contributed by atoms with E-state index >= 15 is 0 Å². The lowest BCUT2D eigenvalue weighted by molar-refractivity contribution is 0.208. The predicted octanol–water partition coefficient (Wildman–Crippen LogP) is 3.16. The second kappa shape index (κ2) is 7.19. The summed E-state index contributed by atoms with van der Waals surface area (Å²) in [5.74, 6) is 1.22. The molecule has 2 heterocycles. The van der Waals surface area contributed by atoms with Gasteiger partial charge in [0.2, 0.25) is 5.95 Å². The van der Waals surface area contributed by atoms with E-state index < -0.39 is 0 Å². The predicted molar refractivity (Wildman–Crippen MR) is 102 cm³/mol. The third kappa shape index (κ3) is 3.04. The zero-order valence-corrected chi connectivity index (χ0v) is 14.7. The van der Waals surface area contributed by atoms with E-state index in [9.17, 15) is 10.4 Å². The fraction of sp³-hybridized carbons (Fsp3) is 0.333. The summed E-state index contributed by atoms with van der Waals surface area (Å²) in [5.41, 5.74) is 3.72. The van der Waals surface area contributed by atoms with Crippen molar-refractivity contribution in [2.75, 3.05) is 24.6 Å². The SMILES string of the molecule is N#Cc1ccccc1Cn1c(N2CCC[C@H](CO)C2)nc2ccccc21. The highest BCUT2D eigenvalue weighted by atomic mass is 16.3. The van der Waals surface area contributed by atoms with E-state index in [2.05, 4.69) is 21.6 Å². The third-order valence-electron chi connectivity index (χ3n) is 5.16. The first-order valence-electron chi connectivity index (χ1n) is 9.09. The molecule has 4 rings (SSSR count). The fourth-order valence-corrected chi connectivity index (χ4v) is 3.79. The Balaban J connectivity index is 1.78. The minimum Gasteiger partial charge on any atom is -0.396 e. The average molecular weight is 346 g/mol. The first-order chi connectivity index (χ1) is 12.8. The van der Waals surface area contributed by atoms with Gasteiger partial charge in [0.1, 0.15) is 0 Å². The van der Waals surface area contributed by atoms with Crippen molar-refractivity contribution in [1.82, 2.24) is 9.55 Å². The molecule has 0 spiro atoms. The molecule has 5 nitrogen and oxygen atoms in total. The molecule has 0 amide bonds. The van der Waals surface area contributed by atoms with Crippen LogP contribution in [0.5, 0.6) is 0 Å². The number of hydrogen-bond acceptors (Lipinski definition) is 4. The Hall–Kier alpha value is -2.84. The molecule has 1 atom stereocenters. The largest absolute Gasteiger partial charge is 0.396 e. The van der Waals surface area contributed by atoms with Crippen LogP contribution in [0.15, 0.2) is 48.5 Å². The highest BCUT2D eigenvalue weighted by Crippen LogP contribution is 2.28. The Bertz CT molecular complexity index is 956. The van der Waals surface area contributed by atoms with E-state index in [1.807, 2.05) is 42.5 Å². The number of nitrogens with zero attached hydrogens (tertiary/aromatic N) is 4. The number of piperidine rings is 1. The van der Waals surface area contributed by atoms with Gasteiger partial charge >= 0.3 is 0 Å². The molecule has 1 saturated heterocycles. The number of aromatic nitrogens is 2. The second-order valence-corrected chi connectivity index (χ2v) is 6.89. The van der Waals surface area contributed by atoms with E-state index in [1.54, 1.807) is 0 Å². The zero-order chi connectivity index (χ0) is 17.9. The lowest BCUT2D eigenvalue weighted by Crippen LogP contribution is -2.38. The maximum absolute atomic E-state index is 9.58. The van der Waals surface area contributed by atoms with Gasteiger partial charge in [0.15, 0.2) is 0 Å². The smallest absolute Gasteiger partial charge is 0.206 e. The molecule has 0 bridgehead atoms. The van der Waals surface area contributed by atoms with E-state index in [1.165, 1.54) is 0 Å². The minimum atomic E-state index is 0.216. The molecule has 5 heteroatoms. The van der Waals surface area contributed by atoms with Gasteiger partial charge in [0, 0.05) is 19.7 Å². The summed E-state index contributed by atoms with van der Waals surface area (Å²) in [7, 11) is 0. The topological polar surface area (TPSA) is 65.1 Å². The second-order valence-electron chi connectivity index (χ2n) is 6.89. The fourth-order valence-electron chi connectivity index (χ4n) is 3.79. The van der Waals surface area contributed by atoms with Gasteiger partial charge in [-0.25, -0.2) is 4.98 Å². The highest BCUT2D eigenvalue weighted by molar-refractivity contribution is 5.79. The van der Waals surface area contributed by atoms with Crippen molar-refractivity contribution in [3.05, 3.63) is 59.7 Å². The molecular formula is C21H22N4O. The summed E-state index contributed by atoms with van der Waals surface area (Å²) in [5, 5.41) is 19.0. The van der Waals surface area contributed by atoms with Gasteiger partial charge in [0.25, 0.3) is 0 Å². The first-order valence-corrected chi connectivity index (χ1v) is 9.09. The summed E-state index contributed by atoms with van der Waals surface area (Å²) in [6, 6.07) is 18.1. The summed E-state index contributed by atoms with van der Waals surface area (Å²) >= 11 is 0. The molecule has 1 aliphatic heterocycles. The number of hydrogen-bond donors (Lipinski definition) is 1. The quantitative estimate of drug-likeness (QED) is 0.788. The number of imidazole rings is 1. The molecule has 1 aliphatic rings. The number of nitriles is 1. The Kier molecular flexibility index (Phi) is 4.59. The van der Waals surface area contributed by atoms with E-state index in [4.69, 9.17) is 4.98 Å². The number of aliphatic hydroxyl groups is 1. The van der Waals surface area contributed by atoms with Crippen molar-refractivity contribution >= 4 is 17.0 Å². The van der Waals surface area contributed by atoms with Gasteiger partial charge in [-0.05, 0) is 42.5 Å². The molecule has 1 aromatic heterocycles. The Labute approximate surface area is 153 Å². The van der Waals surface area contributed by atoms with Crippen LogP contribution in [0.2, 0.25) is 0 Å². The molecule has 1 fully saturated rings. The summed E-state index contributed by atoms with van der Waals surface area (Å²) < 4.78 is 2.20. The van der Waals surface area contributed by atoms with Crippen LogP contribution >= 0.6 is 0 Å². The summed E-state index contributed by atoms with van der Waals surface area (Å²) in [4.78, 5) is 7.16. The van der Waals surface area contributed by atoms with E-state index in [-0.39, 0.29) is 6.61 Å². The molecule has 1 N–H and O–H groups in total. The van der Waals surface area contributed by atoms with Gasteiger partial charge in [-0.1, -0.05) is 30.3 Å². The Morgan fingerprint density at radius 1 is 1.15 bits per heavy atom. The minimum absolute atomic E-state index is 0.216. The van der Waals surface area contributed by atoms with Crippen LogP contribution in [-0.4, -0.2) is 34.4 Å². The summed E-state index contributed by atoms with van der Waals surface area (Å²) in [6.45, 7) is 2.59. The Morgan fingerprint density at radius 3 is 2.81 bits per heavy atom. The van der Waals surface area contributed by atoms with Crippen LogP contribution in [0.25, 0.3) is 11.0 Å². The van der Waals surface area contributed by atoms with Crippen LogP contribution in [0.1, 0.15) is 24.0 Å². The average Bonchev–Trinajstić information content (AvgIpc) is 3.07. The third-order valence-corrected chi connectivity index (χ3v) is 5.16. The zero-order valence-electron chi connectivity index (χ0n) is 14.7. The maximum atomic E-state index is 9.58. The molecule has 0 unspecified atom stereocenters. The highest BCUT2D eigenvalue weighted by Gasteiger charge is 2.24. The summed E-state index contributed by atoms with van der Waals surface area (Å²) in [6.07, 6.45) is 2.12. The number of aliphatic hydroxyl groups excluding tert-OH is 1. The van der Waals surface area contributed by atoms with Gasteiger partial charge < -0.3 is 14.6 Å². The van der Waals surface area contributed by atoms with Gasteiger partial charge in [-0.3, -0.25) is 0 Å². The monoisotopic (exact) mass is 346 g/mol. The number of fused-ring (bicyclic) bond motifs is 1. The van der Waals surface area contributed by atoms with Gasteiger partial charge in [-0.15, -0.1) is 0 Å². The van der Waals surface area contributed by atoms with Gasteiger partial charge in [0.05, 0.1) is 29.2 Å². The molecule has 0 aliphatic carbocycles. The number of anilines is 1. The molecule has 2 aromatic carbocycles. The standard InChI is InChI=1S/C21H22N4O/c22-12-17-7-1-2-8-18(17)14-25-20-10-4-3-9-19(20)23-21(25)24-11-5-6-16(13-24)15-26/h1-4,7-10,16,26H,5-6,11,13-15H2/t16-/m0/s1. The van der Waals surface area contributed by atoms with E-state index in [0.717, 1.165) is 48.5 Å². The van der Waals surface area contributed by atoms with Crippen LogP contribution in [0.4, 0.5) is 5.95 Å². The lowest BCUT2D eigenvalue weighted by Gasteiger charge is -2.33. The lowest BCUT2D eigenvalue weighted by atomic mass is 9.99. The molecule has 3 aromatic rings. The van der Waals surface area contributed by atoms with Crippen molar-refractivity contribution in [3.8, 4) is 6.07 Å². The molecule has 132 valence electrons. The van der Waals surface area contributed by atoms with E-state index in [0.29, 0.717) is 18.0 Å². The number of rotatable bonds is 4. The van der Waals surface area contributed by atoms with Crippen molar-refractivity contribution in [1.29, 1.82) is 5.26 Å². The molecular weight excluding hydrogens is 324 g/mol. The first kappa shape index (κ1) is 16.6. The van der Waals surface area contributed by atoms with Crippen molar-refractivity contribution in [2.45, 2.75) is 19.4 Å². The van der Waals surface area contributed by atoms with Gasteiger partial charge in [-0.2, -0.15) is 5.26 Å². The van der Waals surface area contributed by atoms with Crippen LogP contribution in [0, 0.1) is 17.2 Å². The maximum Gasteiger partial charge on any atom is 0.206 e. The van der Waals surface area contributed by atoms with Crippen molar-refractivity contribution < 1.29 is 5.11 Å². The van der Waals surface area contributed by atoms with Crippen LogP contribution in [0.3, 0.4) is 0 Å². The molecule has 0 saturated carbocycles. The molecule has 26 heavy (non-hydrogen) atoms. The normalized spacial score (nSPS) is 17.4. The van der Waals surface area contributed by atoms with Crippen molar-refractivity contribution in [3.63, 3.8) is 0 Å². The van der Waals surface area contributed by atoms with Crippen LogP contribution < -0.4 is 4.90 Å².